The number of aliphatic hydroxyl groups excluding tert-OH is 1. The normalized spacial score (nSPS) is 24.8. The van der Waals surface area contributed by atoms with Gasteiger partial charge in [-0.3, -0.25) is 0 Å². The van der Waals surface area contributed by atoms with Crippen molar-refractivity contribution in [3.05, 3.63) is 64.7 Å². The van der Waals surface area contributed by atoms with E-state index in [1.54, 1.807) is 0 Å². The third-order valence-electron chi connectivity index (χ3n) is 7.42. The summed E-state index contributed by atoms with van der Waals surface area (Å²) in [5.74, 6) is 2.07. The lowest BCUT2D eigenvalue weighted by Gasteiger charge is -2.48. The standard InChI is InChI=1S/C26H34ClNO2/c1-19-4-10-24(11-5-19)30-18-21-16-28(15-12-20(21)2)17-25(29)26(13-3-14-26)22-6-8-23(27)9-7-22/h4-11,20-21,25,29H,3,12-18H2,1-2H3. The topological polar surface area (TPSA) is 32.7 Å². The van der Waals surface area contributed by atoms with Crippen LogP contribution < -0.4 is 4.74 Å². The Kier molecular flexibility index (Phi) is 6.72. The van der Waals surface area contributed by atoms with Crippen molar-refractivity contribution in [1.29, 1.82) is 0 Å². The summed E-state index contributed by atoms with van der Waals surface area (Å²) in [5.41, 5.74) is 2.37. The first-order valence-electron chi connectivity index (χ1n) is 11.3. The molecule has 1 aliphatic carbocycles. The van der Waals surface area contributed by atoms with Gasteiger partial charge in [0, 0.05) is 29.4 Å². The van der Waals surface area contributed by atoms with Crippen LogP contribution in [0, 0.1) is 18.8 Å². The van der Waals surface area contributed by atoms with Gasteiger partial charge >= 0.3 is 0 Å². The lowest BCUT2D eigenvalue weighted by Crippen LogP contribution is -2.53. The van der Waals surface area contributed by atoms with Crippen molar-refractivity contribution in [2.24, 2.45) is 11.8 Å². The second-order valence-electron chi connectivity index (χ2n) is 9.44. The number of aryl methyl sites for hydroxylation is 1. The maximum Gasteiger partial charge on any atom is 0.119 e. The largest absolute Gasteiger partial charge is 0.493 e. The minimum atomic E-state index is -0.348. The molecule has 0 bridgehead atoms. The second kappa shape index (κ2) is 9.30. The number of hydrogen-bond donors (Lipinski definition) is 1. The van der Waals surface area contributed by atoms with E-state index in [0.29, 0.717) is 11.8 Å². The van der Waals surface area contributed by atoms with Crippen molar-refractivity contribution in [3.8, 4) is 5.75 Å². The molecule has 0 amide bonds. The Morgan fingerprint density at radius 2 is 1.83 bits per heavy atom. The van der Waals surface area contributed by atoms with Crippen LogP contribution in [0.1, 0.15) is 43.7 Å². The molecule has 1 saturated carbocycles. The Morgan fingerprint density at radius 1 is 1.13 bits per heavy atom. The molecule has 0 spiro atoms. The van der Waals surface area contributed by atoms with Gasteiger partial charge in [-0.15, -0.1) is 0 Å². The first-order valence-corrected chi connectivity index (χ1v) is 11.7. The van der Waals surface area contributed by atoms with E-state index < -0.39 is 0 Å². The quantitative estimate of drug-likeness (QED) is 0.636. The highest BCUT2D eigenvalue weighted by molar-refractivity contribution is 6.30. The van der Waals surface area contributed by atoms with Gasteiger partial charge in [0.2, 0.25) is 0 Å². The summed E-state index contributed by atoms with van der Waals surface area (Å²) in [7, 11) is 0. The predicted octanol–water partition coefficient (Wildman–Crippen LogP) is 5.47. The van der Waals surface area contributed by atoms with E-state index in [4.69, 9.17) is 16.3 Å². The molecule has 2 aromatic carbocycles. The average molecular weight is 428 g/mol. The van der Waals surface area contributed by atoms with E-state index in [0.717, 1.165) is 56.3 Å². The Balaban J connectivity index is 1.36. The lowest BCUT2D eigenvalue weighted by atomic mass is 9.61. The van der Waals surface area contributed by atoms with Gasteiger partial charge < -0.3 is 14.7 Å². The molecule has 3 unspecified atom stereocenters. The molecule has 0 aromatic heterocycles. The summed E-state index contributed by atoms with van der Waals surface area (Å²) in [6.07, 6.45) is 4.10. The van der Waals surface area contributed by atoms with Crippen molar-refractivity contribution in [3.63, 3.8) is 0 Å². The first kappa shape index (κ1) is 21.7. The number of nitrogens with zero attached hydrogens (tertiary/aromatic N) is 1. The molecule has 4 heteroatoms. The van der Waals surface area contributed by atoms with Crippen LogP contribution in [0.15, 0.2) is 48.5 Å². The van der Waals surface area contributed by atoms with Gasteiger partial charge in [0.15, 0.2) is 0 Å². The number of hydrogen-bond acceptors (Lipinski definition) is 3. The highest BCUT2D eigenvalue weighted by Gasteiger charge is 2.45. The number of aliphatic hydroxyl groups is 1. The minimum absolute atomic E-state index is 0.110. The van der Waals surface area contributed by atoms with Crippen LogP contribution in [0.4, 0.5) is 0 Å². The molecule has 1 heterocycles. The molecule has 30 heavy (non-hydrogen) atoms. The van der Waals surface area contributed by atoms with Crippen molar-refractivity contribution < 1.29 is 9.84 Å². The SMILES string of the molecule is Cc1ccc(OCC2CN(CC(O)C3(c4ccc(Cl)cc4)CCC3)CCC2C)cc1. The third-order valence-corrected chi connectivity index (χ3v) is 7.67. The lowest BCUT2D eigenvalue weighted by molar-refractivity contribution is -0.0152. The number of halogens is 1. The molecule has 0 radical (unpaired) electrons. The zero-order chi connectivity index (χ0) is 21.1. The Labute approximate surface area is 186 Å². The van der Waals surface area contributed by atoms with Gasteiger partial charge in [-0.25, -0.2) is 0 Å². The Bertz CT molecular complexity index is 816. The molecule has 3 nitrogen and oxygen atoms in total. The number of rotatable bonds is 7. The van der Waals surface area contributed by atoms with Gasteiger partial charge in [0.1, 0.15) is 5.75 Å². The van der Waals surface area contributed by atoms with Crippen LogP contribution in [0.2, 0.25) is 5.02 Å². The monoisotopic (exact) mass is 427 g/mol. The minimum Gasteiger partial charge on any atom is -0.493 e. The van der Waals surface area contributed by atoms with Crippen molar-refractivity contribution in [2.75, 3.05) is 26.2 Å². The van der Waals surface area contributed by atoms with Crippen LogP contribution in [-0.2, 0) is 5.41 Å². The fourth-order valence-electron chi connectivity index (χ4n) is 5.02. The summed E-state index contributed by atoms with van der Waals surface area (Å²) < 4.78 is 6.10. The molecule has 2 fully saturated rings. The molecule has 2 aliphatic rings. The smallest absolute Gasteiger partial charge is 0.119 e. The van der Waals surface area contributed by atoms with Gasteiger partial charge in [-0.05, 0) is 68.5 Å². The molecule has 1 aliphatic heterocycles. The molecule has 162 valence electrons. The van der Waals surface area contributed by atoms with Gasteiger partial charge in [0.05, 0.1) is 12.7 Å². The average Bonchev–Trinajstić information content (AvgIpc) is 2.70. The molecule has 4 rings (SSSR count). The summed E-state index contributed by atoms with van der Waals surface area (Å²) in [6.45, 7) is 7.93. The fraction of sp³-hybridized carbons (Fsp3) is 0.538. The fourth-order valence-corrected chi connectivity index (χ4v) is 5.14. The van der Waals surface area contributed by atoms with Crippen LogP contribution in [0.3, 0.4) is 0 Å². The number of piperidine rings is 1. The van der Waals surface area contributed by atoms with Gasteiger partial charge in [-0.2, -0.15) is 0 Å². The number of ether oxygens (including phenoxy) is 1. The third kappa shape index (κ3) is 4.69. The number of β-amino-alcohol motifs (C(OH)–C–C–N with tert-alkyl or cyclic N) is 1. The highest BCUT2D eigenvalue weighted by Crippen LogP contribution is 2.47. The molecular weight excluding hydrogens is 394 g/mol. The second-order valence-corrected chi connectivity index (χ2v) is 9.88. The van der Waals surface area contributed by atoms with E-state index in [9.17, 15) is 5.11 Å². The molecule has 3 atom stereocenters. The summed E-state index contributed by atoms with van der Waals surface area (Å²) in [4.78, 5) is 2.45. The maximum atomic E-state index is 11.3. The van der Waals surface area contributed by atoms with E-state index in [-0.39, 0.29) is 11.5 Å². The molecule has 1 saturated heterocycles. The van der Waals surface area contributed by atoms with Crippen LogP contribution in [0.5, 0.6) is 5.75 Å². The van der Waals surface area contributed by atoms with E-state index in [2.05, 4.69) is 55.1 Å². The Morgan fingerprint density at radius 3 is 2.47 bits per heavy atom. The number of benzene rings is 2. The first-order chi connectivity index (χ1) is 14.5. The predicted molar refractivity (Wildman–Crippen MR) is 123 cm³/mol. The van der Waals surface area contributed by atoms with Crippen molar-refractivity contribution in [2.45, 2.75) is 51.0 Å². The Hall–Kier alpha value is -1.55. The van der Waals surface area contributed by atoms with E-state index in [1.807, 2.05) is 12.1 Å². The zero-order valence-corrected chi connectivity index (χ0v) is 18.9. The van der Waals surface area contributed by atoms with Crippen molar-refractivity contribution in [1.82, 2.24) is 4.90 Å². The molecule has 1 N–H and O–H groups in total. The zero-order valence-electron chi connectivity index (χ0n) is 18.2. The van der Waals surface area contributed by atoms with E-state index >= 15 is 0 Å². The van der Waals surface area contributed by atoms with Gasteiger partial charge in [0.25, 0.3) is 0 Å². The van der Waals surface area contributed by atoms with Crippen LogP contribution >= 0.6 is 11.6 Å². The van der Waals surface area contributed by atoms with Crippen LogP contribution in [-0.4, -0.2) is 42.4 Å². The highest BCUT2D eigenvalue weighted by atomic mass is 35.5. The summed E-state index contributed by atoms with van der Waals surface area (Å²) in [5, 5.41) is 12.0. The molecular formula is C26H34ClNO2. The van der Waals surface area contributed by atoms with E-state index in [1.165, 1.54) is 17.5 Å². The van der Waals surface area contributed by atoms with Crippen molar-refractivity contribution >= 4 is 11.6 Å². The number of likely N-dealkylation sites (tertiary alicyclic amines) is 1. The van der Waals surface area contributed by atoms with Crippen LogP contribution in [0.25, 0.3) is 0 Å². The maximum absolute atomic E-state index is 11.3. The summed E-state index contributed by atoms with van der Waals surface area (Å²) >= 11 is 6.09. The summed E-state index contributed by atoms with van der Waals surface area (Å²) in [6, 6.07) is 16.4. The molecule has 2 aromatic rings. The van der Waals surface area contributed by atoms with Gasteiger partial charge in [-0.1, -0.05) is 54.8 Å².